The molecular formula is C17H13F2N3O3S2. The van der Waals surface area contributed by atoms with E-state index in [0.29, 0.717) is 44.3 Å². The van der Waals surface area contributed by atoms with Crippen molar-refractivity contribution in [3.05, 3.63) is 53.2 Å². The number of benzene rings is 1. The molecule has 3 aromatic rings. The van der Waals surface area contributed by atoms with E-state index in [1.807, 2.05) is 0 Å². The summed E-state index contributed by atoms with van der Waals surface area (Å²) >= 11 is 1.64. The van der Waals surface area contributed by atoms with E-state index in [0.717, 1.165) is 0 Å². The predicted molar refractivity (Wildman–Crippen MR) is 99.5 cm³/mol. The highest BCUT2D eigenvalue weighted by atomic mass is 32.2. The van der Waals surface area contributed by atoms with Crippen molar-refractivity contribution in [2.24, 2.45) is 0 Å². The van der Waals surface area contributed by atoms with Crippen molar-refractivity contribution in [1.29, 1.82) is 0 Å². The third kappa shape index (κ3) is 4.72. The molecule has 0 aliphatic rings. The van der Waals surface area contributed by atoms with E-state index < -0.39 is 17.6 Å². The number of hydrogen-bond acceptors (Lipinski definition) is 6. The number of methoxy groups -OCH3 is 1. The van der Waals surface area contributed by atoms with Gasteiger partial charge in [-0.1, -0.05) is 11.8 Å². The number of anilines is 1. The van der Waals surface area contributed by atoms with Gasteiger partial charge in [-0.2, -0.15) is 8.78 Å². The Kier molecular flexibility index (Phi) is 5.87. The first-order chi connectivity index (χ1) is 13.0. The molecule has 1 aromatic carbocycles. The standard InChI is InChI=1S/C17H13F2N3O3S2/c1-25-15(24)12-6-10(7-20-12)13-8-26-17(21-13)22-14(23)9-2-4-11(5-3-9)27-16(18)19/h2-8,16,20H,1H3,(H,21,22,23). The summed E-state index contributed by atoms with van der Waals surface area (Å²) in [4.78, 5) is 31.2. The molecule has 140 valence electrons. The molecule has 0 unspecified atom stereocenters. The number of H-pyrrole nitrogens is 1. The minimum absolute atomic E-state index is 0.299. The zero-order valence-electron chi connectivity index (χ0n) is 13.9. The number of thioether (sulfide) groups is 1. The molecular weight excluding hydrogens is 396 g/mol. The van der Waals surface area contributed by atoms with E-state index in [1.165, 1.54) is 42.7 Å². The lowest BCUT2D eigenvalue weighted by Gasteiger charge is -2.03. The van der Waals surface area contributed by atoms with Gasteiger partial charge >= 0.3 is 5.97 Å². The second kappa shape index (κ2) is 8.31. The Morgan fingerprint density at radius 3 is 2.70 bits per heavy atom. The number of alkyl halides is 2. The Bertz CT molecular complexity index is 955. The molecule has 0 atom stereocenters. The van der Waals surface area contributed by atoms with Crippen molar-refractivity contribution in [3.8, 4) is 11.3 Å². The smallest absolute Gasteiger partial charge is 0.354 e. The van der Waals surface area contributed by atoms with Crippen molar-refractivity contribution >= 4 is 40.1 Å². The lowest BCUT2D eigenvalue weighted by atomic mass is 10.2. The molecule has 6 nitrogen and oxygen atoms in total. The van der Waals surface area contributed by atoms with Crippen molar-refractivity contribution < 1.29 is 23.1 Å². The van der Waals surface area contributed by atoms with Gasteiger partial charge in [-0.05, 0) is 30.3 Å². The fourth-order valence-electron chi connectivity index (χ4n) is 2.19. The van der Waals surface area contributed by atoms with Crippen LogP contribution in [-0.2, 0) is 4.74 Å². The molecule has 2 N–H and O–H groups in total. The highest BCUT2D eigenvalue weighted by molar-refractivity contribution is 7.99. The number of carbonyl (C=O) groups is 2. The van der Waals surface area contributed by atoms with Gasteiger partial charge in [-0.25, -0.2) is 9.78 Å². The van der Waals surface area contributed by atoms with Crippen LogP contribution in [0.15, 0.2) is 46.8 Å². The van der Waals surface area contributed by atoms with Crippen LogP contribution in [0.4, 0.5) is 13.9 Å². The maximum atomic E-state index is 12.3. The zero-order valence-corrected chi connectivity index (χ0v) is 15.5. The van der Waals surface area contributed by atoms with Crippen LogP contribution in [0.5, 0.6) is 0 Å². The monoisotopic (exact) mass is 409 g/mol. The molecule has 0 radical (unpaired) electrons. The van der Waals surface area contributed by atoms with Gasteiger partial charge in [0, 0.05) is 27.6 Å². The Hall–Kier alpha value is -2.72. The Balaban J connectivity index is 1.67. The summed E-state index contributed by atoms with van der Waals surface area (Å²) in [7, 11) is 1.29. The van der Waals surface area contributed by atoms with Gasteiger partial charge in [0.15, 0.2) is 5.13 Å². The minimum atomic E-state index is -2.51. The highest BCUT2D eigenvalue weighted by Crippen LogP contribution is 2.27. The molecule has 2 aromatic heterocycles. The fraction of sp³-hybridized carbons (Fsp3) is 0.118. The van der Waals surface area contributed by atoms with Crippen LogP contribution in [-0.4, -0.2) is 34.7 Å². The number of amides is 1. The summed E-state index contributed by atoms with van der Waals surface area (Å²) in [5.41, 5.74) is 1.90. The van der Waals surface area contributed by atoms with Gasteiger partial charge in [0.05, 0.1) is 12.8 Å². The topological polar surface area (TPSA) is 84.1 Å². The fourth-order valence-corrected chi connectivity index (χ4v) is 3.40. The van der Waals surface area contributed by atoms with Crippen LogP contribution in [0.25, 0.3) is 11.3 Å². The first kappa shape index (κ1) is 19.1. The first-order valence-corrected chi connectivity index (χ1v) is 9.31. The van der Waals surface area contributed by atoms with Gasteiger partial charge in [0.25, 0.3) is 11.7 Å². The second-order valence-electron chi connectivity index (χ2n) is 5.19. The molecule has 1 amide bonds. The van der Waals surface area contributed by atoms with Crippen LogP contribution in [0.2, 0.25) is 0 Å². The van der Waals surface area contributed by atoms with Crippen LogP contribution in [0.1, 0.15) is 20.8 Å². The number of carbonyl (C=O) groups excluding carboxylic acids is 2. The predicted octanol–water partition coefficient (Wildman–Crippen LogP) is 4.49. The van der Waals surface area contributed by atoms with Gasteiger partial charge in [-0.3, -0.25) is 10.1 Å². The molecule has 0 bridgehead atoms. The largest absolute Gasteiger partial charge is 0.464 e. The van der Waals surface area contributed by atoms with Crippen molar-refractivity contribution in [3.63, 3.8) is 0 Å². The maximum absolute atomic E-state index is 12.3. The van der Waals surface area contributed by atoms with Gasteiger partial charge in [-0.15, -0.1) is 11.3 Å². The number of hydrogen-bond donors (Lipinski definition) is 2. The molecule has 2 heterocycles. The summed E-state index contributed by atoms with van der Waals surface area (Å²) in [6, 6.07) is 7.49. The Morgan fingerprint density at radius 1 is 1.30 bits per heavy atom. The molecule has 0 saturated heterocycles. The number of thiazole rings is 1. The first-order valence-electron chi connectivity index (χ1n) is 7.55. The summed E-state index contributed by atoms with van der Waals surface area (Å²) in [6.07, 6.45) is 1.62. The van der Waals surface area contributed by atoms with Crippen molar-refractivity contribution in [2.75, 3.05) is 12.4 Å². The number of ether oxygens (including phenoxy) is 1. The number of halogens is 2. The van der Waals surface area contributed by atoms with Gasteiger partial charge in [0.2, 0.25) is 0 Å². The number of aromatic nitrogens is 2. The molecule has 3 rings (SSSR count). The van der Waals surface area contributed by atoms with Crippen LogP contribution in [0, 0.1) is 0 Å². The molecule has 0 fully saturated rings. The van der Waals surface area contributed by atoms with Crippen LogP contribution < -0.4 is 5.32 Å². The molecule has 27 heavy (non-hydrogen) atoms. The third-order valence-electron chi connectivity index (χ3n) is 3.45. The number of nitrogens with zero attached hydrogens (tertiary/aromatic N) is 1. The van der Waals surface area contributed by atoms with E-state index in [-0.39, 0.29) is 0 Å². The van der Waals surface area contributed by atoms with E-state index >= 15 is 0 Å². The number of esters is 1. The highest BCUT2D eigenvalue weighted by Gasteiger charge is 2.14. The third-order valence-corrected chi connectivity index (χ3v) is 4.93. The summed E-state index contributed by atoms with van der Waals surface area (Å²) < 4.78 is 29.3. The van der Waals surface area contributed by atoms with E-state index in [9.17, 15) is 18.4 Å². The maximum Gasteiger partial charge on any atom is 0.354 e. The molecule has 0 aliphatic carbocycles. The Labute approximate surface area is 161 Å². The minimum Gasteiger partial charge on any atom is -0.464 e. The molecule has 0 aliphatic heterocycles. The number of nitrogens with one attached hydrogen (secondary N) is 2. The number of rotatable bonds is 6. The van der Waals surface area contributed by atoms with E-state index in [2.05, 4.69) is 20.0 Å². The average Bonchev–Trinajstić information content (AvgIpc) is 3.30. The summed E-state index contributed by atoms with van der Waals surface area (Å²) in [6.45, 7) is 0. The van der Waals surface area contributed by atoms with E-state index in [1.54, 1.807) is 17.6 Å². The summed E-state index contributed by atoms with van der Waals surface area (Å²) in [5, 5.41) is 4.78. The molecule has 0 spiro atoms. The zero-order chi connectivity index (χ0) is 19.4. The van der Waals surface area contributed by atoms with Gasteiger partial charge < -0.3 is 9.72 Å². The summed E-state index contributed by atoms with van der Waals surface area (Å²) in [5.74, 6) is -3.39. The van der Waals surface area contributed by atoms with Crippen LogP contribution >= 0.6 is 23.1 Å². The van der Waals surface area contributed by atoms with E-state index in [4.69, 9.17) is 0 Å². The quantitative estimate of drug-likeness (QED) is 0.463. The molecule has 0 saturated carbocycles. The lowest BCUT2D eigenvalue weighted by Crippen LogP contribution is -2.11. The SMILES string of the molecule is COC(=O)c1cc(-c2csc(NC(=O)c3ccc(SC(F)F)cc3)n2)c[nH]1. The van der Waals surface area contributed by atoms with Gasteiger partial charge in [0.1, 0.15) is 5.69 Å². The Morgan fingerprint density at radius 2 is 2.04 bits per heavy atom. The van der Waals surface area contributed by atoms with Crippen molar-refractivity contribution in [2.45, 2.75) is 10.7 Å². The normalized spacial score (nSPS) is 10.8. The number of aromatic amines is 1. The average molecular weight is 409 g/mol. The lowest BCUT2D eigenvalue weighted by molar-refractivity contribution is 0.0594. The van der Waals surface area contributed by atoms with Crippen LogP contribution in [0.3, 0.4) is 0 Å². The second-order valence-corrected chi connectivity index (χ2v) is 7.11. The van der Waals surface area contributed by atoms with Crippen molar-refractivity contribution in [1.82, 2.24) is 9.97 Å². The molecule has 10 heteroatoms.